The topological polar surface area (TPSA) is 20.2 Å². The first-order chi connectivity index (χ1) is 16.2. The molecule has 1 N–H and O–H groups in total. The van der Waals surface area contributed by atoms with Gasteiger partial charge in [-0.05, 0) is 18.8 Å². The van der Waals surface area contributed by atoms with Gasteiger partial charge in [-0.15, -0.1) is 0 Å². The largest absolute Gasteiger partial charge is 0.393 e. The van der Waals surface area contributed by atoms with E-state index in [9.17, 15) is 5.11 Å². The van der Waals surface area contributed by atoms with Crippen LogP contribution in [-0.4, -0.2) is 11.2 Å². The van der Waals surface area contributed by atoms with E-state index in [0.717, 1.165) is 18.8 Å². The second-order valence-electron chi connectivity index (χ2n) is 11.5. The van der Waals surface area contributed by atoms with Crippen molar-refractivity contribution in [3.8, 4) is 0 Å². The van der Waals surface area contributed by atoms with E-state index in [1.54, 1.807) is 0 Å². The second-order valence-corrected chi connectivity index (χ2v) is 11.5. The number of rotatable bonds is 28. The highest BCUT2D eigenvalue weighted by Crippen LogP contribution is 2.17. The standard InChI is InChI=1S/C32H66O/c1-4-5-6-7-8-9-10-11-12-13-14-17-20-23-26-29-32(33)30-27-24-21-18-15-16-19-22-25-28-31(2)3/h31-33H,4-30H2,1-3H3. The lowest BCUT2D eigenvalue weighted by atomic mass is 10.0. The Hall–Kier alpha value is -0.0400. The average molecular weight is 467 g/mol. The molecule has 200 valence electrons. The van der Waals surface area contributed by atoms with Gasteiger partial charge in [-0.3, -0.25) is 0 Å². The molecule has 0 aliphatic rings. The van der Waals surface area contributed by atoms with Gasteiger partial charge < -0.3 is 5.11 Å². The predicted molar refractivity (Wildman–Crippen MR) is 151 cm³/mol. The molecular weight excluding hydrogens is 400 g/mol. The van der Waals surface area contributed by atoms with Crippen LogP contribution in [0.1, 0.15) is 194 Å². The third kappa shape index (κ3) is 29.9. The van der Waals surface area contributed by atoms with E-state index in [1.165, 1.54) is 161 Å². The van der Waals surface area contributed by atoms with Gasteiger partial charge in [0.05, 0.1) is 6.10 Å². The van der Waals surface area contributed by atoms with Crippen molar-refractivity contribution in [1.82, 2.24) is 0 Å². The van der Waals surface area contributed by atoms with Gasteiger partial charge in [-0.1, -0.05) is 181 Å². The van der Waals surface area contributed by atoms with Gasteiger partial charge >= 0.3 is 0 Å². The summed E-state index contributed by atoms with van der Waals surface area (Å²) >= 11 is 0. The summed E-state index contributed by atoms with van der Waals surface area (Å²) in [5, 5.41) is 10.2. The Kier molecular flexibility index (Phi) is 28.2. The van der Waals surface area contributed by atoms with Crippen molar-refractivity contribution in [3.05, 3.63) is 0 Å². The maximum atomic E-state index is 10.2. The summed E-state index contributed by atoms with van der Waals surface area (Å²) in [5.41, 5.74) is 0. The van der Waals surface area contributed by atoms with Crippen molar-refractivity contribution in [2.24, 2.45) is 5.92 Å². The normalized spacial score (nSPS) is 12.6. The summed E-state index contributed by atoms with van der Waals surface area (Å²) in [6.07, 6.45) is 37.1. The number of hydrogen-bond donors (Lipinski definition) is 1. The third-order valence-corrected chi connectivity index (χ3v) is 7.46. The summed E-state index contributed by atoms with van der Waals surface area (Å²) in [4.78, 5) is 0. The quantitative estimate of drug-likeness (QED) is 0.114. The van der Waals surface area contributed by atoms with E-state index in [0.29, 0.717) is 0 Å². The molecule has 0 saturated heterocycles. The van der Waals surface area contributed by atoms with Gasteiger partial charge in [0.25, 0.3) is 0 Å². The lowest BCUT2D eigenvalue weighted by Gasteiger charge is -2.10. The van der Waals surface area contributed by atoms with Crippen LogP contribution < -0.4 is 0 Å². The first-order valence-corrected chi connectivity index (χ1v) is 15.8. The molecule has 1 atom stereocenters. The van der Waals surface area contributed by atoms with Crippen molar-refractivity contribution in [1.29, 1.82) is 0 Å². The highest BCUT2D eigenvalue weighted by atomic mass is 16.3. The van der Waals surface area contributed by atoms with E-state index in [1.807, 2.05) is 0 Å². The van der Waals surface area contributed by atoms with Crippen LogP contribution in [0.3, 0.4) is 0 Å². The second kappa shape index (κ2) is 28.2. The molecule has 0 rings (SSSR count). The molecule has 0 aromatic rings. The van der Waals surface area contributed by atoms with Crippen molar-refractivity contribution >= 4 is 0 Å². The Balaban J connectivity index is 3.14. The van der Waals surface area contributed by atoms with Gasteiger partial charge in [-0.25, -0.2) is 0 Å². The maximum Gasteiger partial charge on any atom is 0.0540 e. The summed E-state index contributed by atoms with van der Waals surface area (Å²) < 4.78 is 0. The molecule has 0 aromatic carbocycles. The van der Waals surface area contributed by atoms with Crippen LogP contribution >= 0.6 is 0 Å². The molecule has 1 heteroatoms. The Morgan fingerprint density at radius 2 is 0.606 bits per heavy atom. The minimum absolute atomic E-state index is 0.0343. The highest BCUT2D eigenvalue weighted by molar-refractivity contribution is 4.58. The maximum absolute atomic E-state index is 10.2. The minimum atomic E-state index is -0.0343. The fraction of sp³-hybridized carbons (Fsp3) is 1.00. The monoisotopic (exact) mass is 467 g/mol. The Morgan fingerprint density at radius 1 is 0.364 bits per heavy atom. The van der Waals surface area contributed by atoms with Gasteiger partial charge in [0.1, 0.15) is 0 Å². The van der Waals surface area contributed by atoms with Crippen molar-refractivity contribution in [2.45, 2.75) is 200 Å². The van der Waals surface area contributed by atoms with Crippen LogP contribution in [0.25, 0.3) is 0 Å². The Morgan fingerprint density at radius 3 is 0.879 bits per heavy atom. The van der Waals surface area contributed by atoms with Crippen LogP contribution in [0, 0.1) is 5.92 Å². The Bertz CT molecular complexity index is 337. The van der Waals surface area contributed by atoms with Crippen LogP contribution in [0.4, 0.5) is 0 Å². The summed E-state index contributed by atoms with van der Waals surface area (Å²) in [6.45, 7) is 6.96. The molecule has 33 heavy (non-hydrogen) atoms. The molecule has 0 spiro atoms. The average Bonchev–Trinajstić information content (AvgIpc) is 2.79. The number of aliphatic hydroxyl groups is 1. The third-order valence-electron chi connectivity index (χ3n) is 7.46. The molecule has 0 fully saturated rings. The van der Waals surface area contributed by atoms with E-state index in [2.05, 4.69) is 20.8 Å². The molecule has 0 aromatic heterocycles. The fourth-order valence-electron chi connectivity index (χ4n) is 5.07. The molecule has 1 nitrogen and oxygen atoms in total. The zero-order chi connectivity index (χ0) is 24.2. The van der Waals surface area contributed by atoms with Crippen LogP contribution in [0.2, 0.25) is 0 Å². The number of hydrogen-bond acceptors (Lipinski definition) is 1. The van der Waals surface area contributed by atoms with E-state index >= 15 is 0 Å². The van der Waals surface area contributed by atoms with Gasteiger partial charge in [0.2, 0.25) is 0 Å². The molecule has 0 amide bonds. The van der Waals surface area contributed by atoms with E-state index in [4.69, 9.17) is 0 Å². The molecule has 0 heterocycles. The zero-order valence-electron chi connectivity index (χ0n) is 23.7. The van der Waals surface area contributed by atoms with Gasteiger partial charge in [-0.2, -0.15) is 0 Å². The van der Waals surface area contributed by atoms with Gasteiger partial charge in [0.15, 0.2) is 0 Å². The lowest BCUT2D eigenvalue weighted by molar-refractivity contribution is 0.147. The van der Waals surface area contributed by atoms with E-state index in [-0.39, 0.29) is 6.10 Å². The van der Waals surface area contributed by atoms with Crippen LogP contribution in [0.5, 0.6) is 0 Å². The van der Waals surface area contributed by atoms with Crippen molar-refractivity contribution in [2.75, 3.05) is 0 Å². The molecule has 0 aliphatic carbocycles. The van der Waals surface area contributed by atoms with E-state index < -0.39 is 0 Å². The van der Waals surface area contributed by atoms with Crippen molar-refractivity contribution in [3.63, 3.8) is 0 Å². The molecule has 0 aliphatic heterocycles. The number of unbranched alkanes of at least 4 members (excludes halogenated alkanes) is 22. The SMILES string of the molecule is CCCCCCCCCCCCCCCCCC(O)CCCCCCCCCCCC(C)C. The van der Waals surface area contributed by atoms with Crippen LogP contribution in [0.15, 0.2) is 0 Å². The smallest absolute Gasteiger partial charge is 0.0540 e. The first kappa shape index (κ1) is 33.0. The summed E-state index contributed by atoms with van der Waals surface area (Å²) in [6, 6.07) is 0. The molecule has 0 radical (unpaired) electrons. The molecule has 0 bridgehead atoms. The number of aliphatic hydroxyl groups excluding tert-OH is 1. The first-order valence-electron chi connectivity index (χ1n) is 15.8. The van der Waals surface area contributed by atoms with Crippen LogP contribution in [-0.2, 0) is 0 Å². The molecule has 0 saturated carbocycles. The lowest BCUT2D eigenvalue weighted by Crippen LogP contribution is -2.05. The highest BCUT2D eigenvalue weighted by Gasteiger charge is 2.04. The fourth-order valence-corrected chi connectivity index (χ4v) is 5.07. The van der Waals surface area contributed by atoms with Gasteiger partial charge in [0, 0.05) is 0 Å². The Labute approximate surface area is 211 Å². The molecule has 1 unspecified atom stereocenters. The predicted octanol–water partition coefficient (Wildman–Crippen LogP) is 11.6. The van der Waals surface area contributed by atoms with Crippen molar-refractivity contribution < 1.29 is 5.11 Å². The minimum Gasteiger partial charge on any atom is -0.393 e. The summed E-state index contributed by atoms with van der Waals surface area (Å²) in [5.74, 6) is 0.875. The summed E-state index contributed by atoms with van der Waals surface area (Å²) in [7, 11) is 0. The zero-order valence-corrected chi connectivity index (χ0v) is 23.7. The molecular formula is C32H66O.